The van der Waals surface area contributed by atoms with Crippen LogP contribution in [-0.2, 0) is 28.0 Å². The summed E-state index contributed by atoms with van der Waals surface area (Å²) in [6.45, 7) is 9.11. The van der Waals surface area contributed by atoms with Gasteiger partial charge in [-0.1, -0.05) is 86.6 Å². The van der Waals surface area contributed by atoms with E-state index in [9.17, 15) is 9.90 Å². The third-order valence-electron chi connectivity index (χ3n) is 8.24. The van der Waals surface area contributed by atoms with E-state index < -0.39 is 0 Å². The molecule has 3 aromatic carbocycles. The van der Waals surface area contributed by atoms with E-state index in [1.54, 1.807) is 6.07 Å². The van der Waals surface area contributed by atoms with Crippen LogP contribution in [0.2, 0.25) is 0 Å². The molecule has 0 aliphatic carbocycles. The standard InChI is InChI=1S/C33H42N2O3/c1-26-24-35(19-17-33(26,2)30-14-9-15-31(36)21-30)18-16-29(20-27-10-5-3-6-11-27)22-34-23-32(37)38-25-28-12-7-4-8-13-28/h3-15,21,26,29,34,36H,16-20,22-25H2,1-2H3. The molecule has 0 saturated carbocycles. The molecule has 0 bridgehead atoms. The first-order valence-corrected chi connectivity index (χ1v) is 13.9. The van der Waals surface area contributed by atoms with Gasteiger partial charge in [0.2, 0.25) is 0 Å². The number of hydrogen-bond donors (Lipinski definition) is 2. The molecule has 1 fully saturated rings. The number of nitrogens with zero attached hydrogens (tertiary/aromatic N) is 1. The van der Waals surface area contributed by atoms with Gasteiger partial charge in [-0.05, 0) is 85.0 Å². The minimum atomic E-state index is -0.219. The van der Waals surface area contributed by atoms with Gasteiger partial charge < -0.3 is 20.1 Å². The van der Waals surface area contributed by atoms with E-state index in [-0.39, 0.29) is 17.9 Å². The molecule has 1 aliphatic rings. The van der Waals surface area contributed by atoms with Crippen molar-refractivity contribution in [3.05, 3.63) is 102 Å². The Balaban J connectivity index is 1.27. The summed E-state index contributed by atoms with van der Waals surface area (Å²) in [4.78, 5) is 14.9. The first-order valence-electron chi connectivity index (χ1n) is 13.9. The van der Waals surface area contributed by atoms with Gasteiger partial charge in [-0.15, -0.1) is 0 Å². The van der Waals surface area contributed by atoms with E-state index >= 15 is 0 Å². The highest BCUT2D eigenvalue weighted by Gasteiger charge is 2.38. The van der Waals surface area contributed by atoms with Gasteiger partial charge in [0.05, 0.1) is 6.54 Å². The SMILES string of the molecule is CC1CN(CCC(CNCC(=O)OCc2ccccc2)Cc2ccccc2)CCC1(C)c1cccc(O)c1. The van der Waals surface area contributed by atoms with Crippen molar-refractivity contribution in [2.45, 2.75) is 45.1 Å². The molecule has 4 rings (SSSR count). The second-order valence-corrected chi connectivity index (χ2v) is 11.0. The molecule has 3 unspecified atom stereocenters. The molecule has 1 saturated heterocycles. The molecule has 1 heterocycles. The van der Waals surface area contributed by atoms with Crippen LogP contribution in [-0.4, -0.2) is 48.7 Å². The summed E-state index contributed by atoms with van der Waals surface area (Å²) >= 11 is 0. The fourth-order valence-electron chi connectivity index (χ4n) is 5.57. The summed E-state index contributed by atoms with van der Waals surface area (Å²) in [6, 6.07) is 28.2. The lowest BCUT2D eigenvalue weighted by Gasteiger charge is -2.45. The van der Waals surface area contributed by atoms with Crippen LogP contribution in [0, 0.1) is 11.8 Å². The second kappa shape index (κ2) is 13.6. The van der Waals surface area contributed by atoms with Crippen molar-refractivity contribution in [3.63, 3.8) is 0 Å². The van der Waals surface area contributed by atoms with Crippen LogP contribution in [0.3, 0.4) is 0 Å². The molecule has 0 amide bonds. The number of likely N-dealkylation sites (tertiary alicyclic amines) is 1. The predicted octanol–water partition coefficient (Wildman–Crippen LogP) is 5.57. The van der Waals surface area contributed by atoms with Crippen molar-refractivity contribution in [1.29, 1.82) is 0 Å². The Bertz CT molecular complexity index is 1140. The normalized spacial score (nSPS) is 20.6. The largest absolute Gasteiger partial charge is 0.508 e. The molecule has 202 valence electrons. The Morgan fingerprint density at radius 2 is 1.76 bits per heavy atom. The zero-order chi connectivity index (χ0) is 26.8. The lowest BCUT2D eigenvalue weighted by Crippen LogP contribution is -2.48. The Morgan fingerprint density at radius 1 is 1.05 bits per heavy atom. The van der Waals surface area contributed by atoms with Crippen LogP contribution in [0.15, 0.2) is 84.9 Å². The zero-order valence-electron chi connectivity index (χ0n) is 22.8. The third kappa shape index (κ3) is 7.92. The van der Waals surface area contributed by atoms with E-state index in [1.807, 2.05) is 42.5 Å². The second-order valence-electron chi connectivity index (χ2n) is 11.0. The van der Waals surface area contributed by atoms with E-state index in [2.05, 4.69) is 60.5 Å². The van der Waals surface area contributed by atoms with Crippen LogP contribution < -0.4 is 5.32 Å². The van der Waals surface area contributed by atoms with Gasteiger partial charge in [-0.25, -0.2) is 0 Å². The Hall–Kier alpha value is -3.15. The number of ether oxygens (including phenoxy) is 1. The Morgan fingerprint density at radius 3 is 2.45 bits per heavy atom. The minimum absolute atomic E-state index is 0.0698. The number of rotatable bonds is 12. The molecule has 5 heteroatoms. The first kappa shape index (κ1) is 27.9. The molecule has 3 aromatic rings. The lowest BCUT2D eigenvalue weighted by atomic mass is 9.68. The maximum absolute atomic E-state index is 12.3. The number of phenols is 1. The molecule has 5 nitrogen and oxygen atoms in total. The number of hydrogen-bond acceptors (Lipinski definition) is 5. The number of phenolic OH excluding ortho intramolecular Hbond substituents is 1. The zero-order valence-corrected chi connectivity index (χ0v) is 22.8. The molecule has 0 spiro atoms. The molecule has 38 heavy (non-hydrogen) atoms. The van der Waals surface area contributed by atoms with Gasteiger partial charge in [0.1, 0.15) is 12.4 Å². The van der Waals surface area contributed by atoms with Crippen molar-refractivity contribution in [1.82, 2.24) is 10.2 Å². The number of piperidine rings is 1. The first-order chi connectivity index (χ1) is 18.4. The average Bonchev–Trinajstić information content (AvgIpc) is 2.93. The maximum atomic E-state index is 12.3. The van der Waals surface area contributed by atoms with Crippen molar-refractivity contribution >= 4 is 5.97 Å². The number of carbonyl (C=O) groups excluding carboxylic acids is 1. The van der Waals surface area contributed by atoms with Crippen molar-refractivity contribution in [2.24, 2.45) is 11.8 Å². The molecular weight excluding hydrogens is 472 g/mol. The molecule has 0 aromatic heterocycles. The van der Waals surface area contributed by atoms with Gasteiger partial charge in [0, 0.05) is 6.54 Å². The van der Waals surface area contributed by atoms with Crippen LogP contribution in [0.5, 0.6) is 5.75 Å². The number of nitrogens with one attached hydrogen (secondary N) is 1. The fraction of sp³-hybridized carbons (Fsp3) is 0.424. The van der Waals surface area contributed by atoms with E-state index in [0.717, 1.165) is 51.0 Å². The topological polar surface area (TPSA) is 61.8 Å². The molecular formula is C33H42N2O3. The summed E-state index contributed by atoms with van der Waals surface area (Å²) in [7, 11) is 0. The molecule has 3 atom stereocenters. The maximum Gasteiger partial charge on any atom is 0.320 e. The highest BCUT2D eigenvalue weighted by Crippen LogP contribution is 2.40. The van der Waals surface area contributed by atoms with Crippen LogP contribution in [0.1, 0.15) is 43.4 Å². The highest BCUT2D eigenvalue weighted by atomic mass is 16.5. The van der Waals surface area contributed by atoms with Crippen molar-refractivity contribution in [2.75, 3.05) is 32.7 Å². The Kier molecular flexibility index (Phi) is 9.97. The quantitative estimate of drug-likeness (QED) is 0.309. The van der Waals surface area contributed by atoms with Crippen molar-refractivity contribution in [3.8, 4) is 5.75 Å². The summed E-state index contributed by atoms with van der Waals surface area (Å²) in [6.07, 6.45) is 3.13. The van der Waals surface area contributed by atoms with Gasteiger partial charge >= 0.3 is 5.97 Å². The third-order valence-corrected chi connectivity index (χ3v) is 8.24. The predicted molar refractivity (Wildman–Crippen MR) is 153 cm³/mol. The van der Waals surface area contributed by atoms with Gasteiger partial charge in [-0.2, -0.15) is 0 Å². The smallest absolute Gasteiger partial charge is 0.320 e. The summed E-state index contributed by atoms with van der Waals surface area (Å²) in [5.74, 6) is 1.04. The monoisotopic (exact) mass is 514 g/mol. The van der Waals surface area contributed by atoms with Crippen LogP contribution >= 0.6 is 0 Å². The molecule has 1 aliphatic heterocycles. The molecule has 0 radical (unpaired) electrons. The van der Waals surface area contributed by atoms with Gasteiger partial charge in [-0.3, -0.25) is 4.79 Å². The number of benzene rings is 3. The summed E-state index contributed by atoms with van der Waals surface area (Å²) in [5, 5.41) is 13.4. The lowest BCUT2D eigenvalue weighted by molar-refractivity contribution is -0.143. The number of esters is 1. The van der Waals surface area contributed by atoms with E-state index in [1.165, 1.54) is 11.1 Å². The van der Waals surface area contributed by atoms with Gasteiger partial charge in [0.15, 0.2) is 0 Å². The van der Waals surface area contributed by atoms with Crippen molar-refractivity contribution < 1.29 is 14.6 Å². The number of aromatic hydroxyl groups is 1. The summed E-state index contributed by atoms with van der Waals surface area (Å²) < 4.78 is 5.43. The Labute approximate surface area is 227 Å². The summed E-state index contributed by atoms with van der Waals surface area (Å²) in [5.41, 5.74) is 3.63. The van der Waals surface area contributed by atoms with E-state index in [0.29, 0.717) is 24.2 Å². The van der Waals surface area contributed by atoms with E-state index in [4.69, 9.17) is 4.74 Å². The fourth-order valence-corrected chi connectivity index (χ4v) is 5.57. The average molecular weight is 515 g/mol. The molecule has 2 N–H and O–H groups in total. The highest BCUT2D eigenvalue weighted by molar-refractivity contribution is 5.71. The minimum Gasteiger partial charge on any atom is -0.508 e. The number of carbonyl (C=O) groups is 1. The van der Waals surface area contributed by atoms with Crippen LogP contribution in [0.25, 0.3) is 0 Å². The van der Waals surface area contributed by atoms with Crippen LogP contribution in [0.4, 0.5) is 0 Å². The van der Waals surface area contributed by atoms with Gasteiger partial charge in [0.25, 0.3) is 0 Å².